The third-order valence-electron chi connectivity index (χ3n) is 2.95. The molecule has 0 bridgehead atoms. The number of hydrogen-bond donors (Lipinski definition) is 1. The van der Waals surface area contributed by atoms with E-state index in [1.807, 2.05) is 0 Å². The van der Waals surface area contributed by atoms with E-state index in [1.165, 1.54) is 19.2 Å². The first kappa shape index (κ1) is 12.0. The third kappa shape index (κ3) is 3.27. The number of rotatable bonds is 5. The number of nitrogens with one attached hydrogen (secondary N) is 1. The van der Waals surface area contributed by atoms with Crippen molar-refractivity contribution in [3.8, 4) is 0 Å². The van der Waals surface area contributed by atoms with E-state index in [4.69, 9.17) is 4.74 Å². The molecular weight excluding hydrogens is 221 g/mol. The van der Waals surface area contributed by atoms with Crippen molar-refractivity contribution < 1.29 is 13.9 Å². The van der Waals surface area contributed by atoms with Gasteiger partial charge in [-0.3, -0.25) is 4.79 Å². The maximum absolute atomic E-state index is 12.8. The van der Waals surface area contributed by atoms with Crippen molar-refractivity contribution in [1.29, 1.82) is 0 Å². The fraction of sp³-hybridized carbons (Fsp3) is 0.462. The van der Waals surface area contributed by atoms with E-state index >= 15 is 0 Å². The Bertz CT molecular complexity index is 387. The summed E-state index contributed by atoms with van der Waals surface area (Å²) in [5, 5.41) is 3.29. The summed E-state index contributed by atoms with van der Waals surface area (Å²) in [6.45, 7) is 0.545. The Kier molecular flexibility index (Phi) is 3.74. The predicted octanol–water partition coefficient (Wildman–Crippen LogP) is 1.83. The van der Waals surface area contributed by atoms with E-state index in [-0.39, 0.29) is 17.7 Å². The van der Waals surface area contributed by atoms with Gasteiger partial charge in [-0.2, -0.15) is 0 Å². The lowest BCUT2D eigenvalue weighted by atomic mass is 9.99. The Balaban J connectivity index is 2.07. The monoisotopic (exact) mass is 237 g/mol. The number of methoxy groups -OCH3 is 1. The molecule has 1 atom stereocenters. The van der Waals surface area contributed by atoms with E-state index in [1.54, 1.807) is 12.1 Å². The van der Waals surface area contributed by atoms with Crippen LogP contribution in [0.25, 0.3) is 0 Å². The normalized spacial score (nSPS) is 16.6. The standard InChI is InChI=1S/C13H16FNO2/c1-17-13(16)12(8-15-11-6-7-11)9-2-4-10(14)5-3-9/h2-5,11-12,15H,6-8H2,1H3. The highest BCUT2D eigenvalue weighted by Crippen LogP contribution is 2.22. The molecule has 1 fully saturated rings. The quantitative estimate of drug-likeness (QED) is 0.794. The molecule has 1 aliphatic carbocycles. The summed E-state index contributed by atoms with van der Waals surface area (Å²) < 4.78 is 17.6. The minimum atomic E-state index is -0.360. The van der Waals surface area contributed by atoms with E-state index in [0.717, 1.165) is 18.4 Å². The highest BCUT2D eigenvalue weighted by molar-refractivity contribution is 5.78. The summed E-state index contributed by atoms with van der Waals surface area (Å²) in [4.78, 5) is 11.7. The average molecular weight is 237 g/mol. The lowest BCUT2D eigenvalue weighted by molar-refractivity contribution is -0.142. The second kappa shape index (κ2) is 5.27. The van der Waals surface area contributed by atoms with E-state index in [0.29, 0.717) is 12.6 Å². The molecule has 0 amide bonds. The van der Waals surface area contributed by atoms with Gasteiger partial charge in [-0.05, 0) is 30.5 Å². The molecule has 0 saturated heterocycles. The van der Waals surface area contributed by atoms with Gasteiger partial charge in [0.15, 0.2) is 0 Å². The second-order valence-electron chi connectivity index (χ2n) is 4.31. The summed E-state index contributed by atoms with van der Waals surface area (Å²) >= 11 is 0. The fourth-order valence-electron chi connectivity index (χ4n) is 1.75. The SMILES string of the molecule is COC(=O)C(CNC1CC1)c1ccc(F)cc1. The smallest absolute Gasteiger partial charge is 0.314 e. The Hall–Kier alpha value is -1.42. The highest BCUT2D eigenvalue weighted by atomic mass is 19.1. The molecule has 2 rings (SSSR count). The van der Waals surface area contributed by atoms with Crippen LogP contribution < -0.4 is 5.32 Å². The maximum atomic E-state index is 12.8. The fourth-order valence-corrected chi connectivity index (χ4v) is 1.75. The first-order valence-corrected chi connectivity index (χ1v) is 5.77. The number of esters is 1. The Morgan fingerprint density at radius 2 is 2.12 bits per heavy atom. The van der Waals surface area contributed by atoms with E-state index < -0.39 is 0 Å². The number of carbonyl (C=O) groups excluding carboxylic acids is 1. The van der Waals surface area contributed by atoms with Crippen molar-refractivity contribution >= 4 is 5.97 Å². The van der Waals surface area contributed by atoms with Crippen molar-refractivity contribution in [2.45, 2.75) is 24.8 Å². The van der Waals surface area contributed by atoms with Crippen molar-refractivity contribution in [3.63, 3.8) is 0 Å². The van der Waals surface area contributed by atoms with Gasteiger partial charge in [0.1, 0.15) is 5.82 Å². The van der Waals surface area contributed by atoms with Crippen LogP contribution in [-0.2, 0) is 9.53 Å². The van der Waals surface area contributed by atoms with Gasteiger partial charge < -0.3 is 10.1 Å². The molecule has 1 unspecified atom stereocenters. The van der Waals surface area contributed by atoms with Gasteiger partial charge in [-0.1, -0.05) is 12.1 Å². The summed E-state index contributed by atoms with van der Waals surface area (Å²) in [6.07, 6.45) is 2.33. The molecule has 0 radical (unpaired) electrons. The second-order valence-corrected chi connectivity index (χ2v) is 4.31. The minimum Gasteiger partial charge on any atom is -0.469 e. The van der Waals surface area contributed by atoms with Crippen LogP contribution in [0.2, 0.25) is 0 Å². The van der Waals surface area contributed by atoms with Gasteiger partial charge in [-0.25, -0.2) is 4.39 Å². The lowest BCUT2D eigenvalue weighted by Crippen LogP contribution is -2.29. The zero-order chi connectivity index (χ0) is 12.3. The molecule has 0 heterocycles. The van der Waals surface area contributed by atoms with Crippen LogP contribution >= 0.6 is 0 Å². The molecule has 1 N–H and O–H groups in total. The van der Waals surface area contributed by atoms with Crippen molar-refractivity contribution in [2.24, 2.45) is 0 Å². The van der Waals surface area contributed by atoms with Crippen molar-refractivity contribution in [2.75, 3.05) is 13.7 Å². The zero-order valence-corrected chi connectivity index (χ0v) is 9.78. The van der Waals surface area contributed by atoms with Crippen LogP contribution in [0.1, 0.15) is 24.3 Å². The van der Waals surface area contributed by atoms with E-state index in [9.17, 15) is 9.18 Å². The zero-order valence-electron chi connectivity index (χ0n) is 9.78. The molecule has 0 spiro atoms. The van der Waals surface area contributed by atoms with Gasteiger partial charge in [0.25, 0.3) is 0 Å². The number of halogens is 1. The topological polar surface area (TPSA) is 38.3 Å². The van der Waals surface area contributed by atoms with Crippen LogP contribution in [0.4, 0.5) is 4.39 Å². The Morgan fingerprint density at radius 1 is 1.47 bits per heavy atom. The van der Waals surface area contributed by atoms with Crippen molar-refractivity contribution in [3.05, 3.63) is 35.6 Å². The third-order valence-corrected chi connectivity index (χ3v) is 2.95. The van der Waals surface area contributed by atoms with Gasteiger partial charge in [0.2, 0.25) is 0 Å². The Morgan fingerprint density at radius 3 is 2.65 bits per heavy atom. The van der Waals surface area contributed by atoms with Gasteiger partial charge in [0.05, 0.1) is 13.0 Å². The molecule has 1 aliphatic rings. The molecule has 1 saturated carbocycles. The molecule has 0 aliphatic heterocycles. The predicted molar refractivity (Wildman–Crippen MR) is 62.2 cm³/mol. The Labute approximate surface area is 100.0 Å². The first-order chi connectivity index (χ1) is 8.20. The number of carbonyl (C=O) groups is 1. The maximum Gasteiger partial charge on any atom is 0.314 e. The summed E-state index contributed by atoms with van der Waals surface area (Å²) in [5.74, 6) is -0.946. The van der Waals surface area contributed by atoms with E-state index in [2.05, 4.69) is 5.32 Å². The molecule has 1 aromatic rings. The first-order valence-electron chi connectivity index (χ1n) is 5.77. The number of benzene rings is 1. The molecule has 1 aromatic carbocycles. The highest BCUT2D eigenvalue weighted by Gasteiger charge is 2.26. The van der Waals surface area contributed by atoms with Crippen LogP contribution in [0, 0.1) is 5.82 Å². The molecule has 92 valence electrons. The summed E-state index contributed by atoms with van der Waals surface area (Å²) in [7, 11) is 1.37. The van der Waals surface area contributed by atoms with Crippen molar-refractivity contribution in [1.82, 2.24) is 5.32 Å². The molecule has 0 aromatic heterocycles. The number of ether oxygens (including phenoxy) is 1. The largest absolute Gasteiger partial charge is 0.469 e. The van der Waals surface area contributed by atoms with Gasteiger partial charge in [0, 0.05) is 12.6 Å². The van der Waals surface area contributed by atoms with Crippen LogP contribution in [0.3, 0.4) is 0 Å². The minimum absolute atomic E-state index is 0.287. The molecule has 17 heavy (non-hydrogen) atoms. The van der Waals surface area contributed by atoms with Gasteiger partial charge >= 0.3 is 5.97 Å². The lowest BCUT2D eigenvalue weighted by Gasteiger charge is -2.15. The summed E-state index contributed by atoms with van der Waals surface area (Å²) in [6, 6.07) is 6.52. The average Bonchev–Trinajstić information content (AvgIpc) is 3.15. The molecule has 4 heteroatoms. The van der Waals surface area contributed by atoms with Crippen LogP contribution in [0.5, 0.6) is 0 Å². The molecular formula is C13H16FNO2. The van der Waals surface area contributed by atoms with Crippen LogP contribution in [0.15, 0.2) is 24.3 Å². The summed E-state index contributed by atoms with van der Waals surface area (Å²) in [5.41, 5.74) is 0.784. The van der Waals surface area contributed by atoms with Crippen LogP contribution in [-0.4, -0.2) is 25.7 Å². The van der Waals surface area contributed by atoms with Gasteiger partial charge in [-0.15, -0.1) is 0 Å². The molecule has 3 nitrogen and oxygen atoms in total. The number of hydrogen-bond acceptors (Lipinski definition) is 3.